The third-order valence-electron chi connectivity index (χ3n) is 2.05. The van der Waals surface area contributed by atoms with E-state index < -0.39 is 0 Å². The van der Waals surface area contributed by atoms with Crippen molar-refractivity contribution in [3.05, 3.63) is 28.8 Å². The van der Waals surface area contributed by atoms with Crippen molar-refractivity contribution < 1.29 is 9.84 Å². The fourth-order valence-electron chi connectivity index (χ4n) is 1.30. The number of aryl methyl sites for hydroxylation is 1. The van der Waals surface area contributed by atoms with Crippen LogP contribution in [0.5, 0.6) is 0 Å². The van der Waals surface area contributed by atoms with E-state index in [1.807, 2.05) is 12.1 Å². The van der Waals surface area contributed by atoms with Crippen LogP contribution >= 0.6 is 11.6 Å². The zero-order valence-electron chi connectivity index (χ0n) is 8.58. The summed E-state index contributed by atoms with van der Waals surface area (Å²) in [7, 11) is 0. The average molecular weight is 230 g/mol. The van der Waals surface area contributed by atoms with Crippen LogP contribution in [0.2, 0.25) is 5.02 Å². The van der Waals surface area contributed by atoms with Crippen LogP contribution in [0.3, 0.4) is 0 Å². The topological polar surface area (TPSA) is 55.5 Å². The smallest absolute Gasteiger partial charge is 0.0697 e. The van der Waals surface area contributed by atoms with Crippen LogP contribution in [0.15, 0.2) is 18.2 Å². The molecule has 0 spiro atoms. The van der Waals surface area contributed by atoms with Crippen LogP contribution in [-0.2, 0) is 11.2 Å². The quantitative estimate of drug-likeness (QED) is 0.578. The Hall–Kier alpha value is -0.770. The predicted molar refractivity (Wildman–Crippen MR) is 62.1 cm³/mol. The lowest BCUT2D eigenvalue weighted by Crippen LogP contribution is -2.02. The van der Waals surface area contributed by atoms with Gasteiger partial charge in [0.1, 0.15) is 0 Å². The van der Waals surface area contributed by atoms with E-state index in [-0.39, 0.29) is 6.61 Å². The Morgan fingerprint density at radius 1 is 1.33 bits per heavy atom. The number of aliphatic hydroxyl groups is 1. The van der Waals surface area contributed by atoms with Gasteiger partial charge in [-0.3, -0.25) is 0 Å². The molecule has 1 rings (SSSR count). The fourth-order valence-corrected chi connectivity index (χ4v) is 1.58. The monoisotopic (exact) mass is 229 g/mol. The molecular formula is C11H16ClNO2. The maximum Gasteiger partial charge on any atom is 0.0697 e. The Kier molecular flexibility index (Phi) is 5.47. The molecule has 0 unspecified atom stereocenters. The highest BCUT2D eigenvalue weighted by Crippen LogP contribution is 2.20. The molecule has 0 fully saturated rings. The van der Waals surface area contributed by atoms with Crippen molar-refractivity contribution in [2.45, 2.75) is 12.8 Å². The van der Waals surface area contributed by atoms with Gasteiger partial charge in [-0.05, 0) is 30.5 Å². The van der Waals surface area contributed by atoms with Crippen LogP contribution < -0.4 is 5.73 Å². The molecule has 3 N–H and O–H groups in total. The summed E-state index contributed by atoms with van der Waals surface area (Å²) in [6.07, 6.45) is 1.76. The molecule has 0 amide bonds. The van der Waals surface area contributed by atoms with Crippen LogP contribution in [0, 0.1) is 0 Å². The van der Waals surface area contributed by atoms with Crippen molar-refractivity contribution in [2.24, 2.45) is 0 Å². The summed E-state index contributed by atoms with van der Waals surface area (Å²) in [6, 6.07) is 5.53. The number of nitrogens with two attached hydrogens (primary N) is 1. The lowest BCUT2D eigenvalue weighted by Gasteiger charge is -2.05. The van der Waals surface area contributed by atoms with Gasteiger partial charge in [-0.25, -0.2) is 0 Å². The Balaban J connectivity index is 2.31. The summed E-state index contributed by atoms with van der Waals surface area (Å²) in [5, 5.41) is 9.20. The number of halogens is 1. The molecular weight excluding hydrogens is 214 g/mol. The summed E-state index contributed by atoms with van der Waals surface area (Å²) in [5.74, 6) is 0. The summed E-state index contributed by atoms with van der Waals surface area (Å²) in [6.45, 7) is 1.11. The minimum Gasteiger partial charge on any atom is -0.399 e. The molecule has 15 heavy (non-hydrogen) atoms. The SMILES string of the molecule is Nc1ccc(CCCOCCO)c(Cl)c1. The number of aliphatic hydroxyl groups excluding tert-OH is 1. The molecule has 84 valence electrons. The first-order valence-corrected chi connectivity index (χ1v) is 5.34. The van der Waals surface area contributed by atoms with Gasteiger partial charge < -0.3 is 15.6 Å². The standard InChI is InChI=1S/C11H16ClNO2/c12-11-8-10(13)4-3-9(11)2-1-6-15-7-5-14/h3-4,8,14H,1-2,5-7,13H2. The molecule has 4 heteroatoms. The largest absolute Gasteiger partial charge is 0.399 e. The highest BCUT2D eigenvalue weighted by Gasteiger charge is 2.00. The molecule has 3 nitrogen and oxygen atoms in total. The number of nitrogen functional groups attached to an aromatic ring is 1. The van der Waals surface area contributed by atoms with Crippen molar-refractivity contribution in [3.63, 3.8) is 0 Å². The highest BCUT2D eigenvalue weighted by molar-refractivity contribution is 6.31. The van der Waals surface area contributed by atoms with Gasteiger partial charge in [0.05, 0.1) is 13.2 Å². The summed E-state index contributed by atoms with van der Waals surface area (Å²) >= 11 is 6.01. The molecule has 0 saturated carbocycles. The van der Waals surface area contributed by atoms with Gasteiger partial charge in [0, 0.05) is 17.3 Å². The molecule has 0 saturated heterocycles. The van der Waals surface area contributed by atoms with Gasteiger partial charge in [0.25, 0.3) is 0 Å². The normalized spacial score (nSPS) is 10.5. The lowest BCUT2D eigenvalue weighted by molar-refractivity contribution is 0.0909. The van der Waals surface area contributed by atoms with Crippen LogP contribution in [0.25, 0.3) is 0 Å². The second-order valence-electron chi connectivity index (χ2n) is 3.29. The first-order chi connectivity index (χ1) is 7.24. The second-order valence-corrected chi connectivity index (χ2v) is 3.70. The first-order valence-electron chi connectivity index (χ1n) is 4.96. The van der Waals surface area contributed by atoms with Crippen LogP contribution in [-0.4, -0.2) is 24.9 Å². The molecule has 0 radical (unpaired) electrons. The number of benzene rings is 1. The number of rotatable bonds is 6. The maximum atomic E-state index is 8.50. The van der Waals surface area contributed by atoms with Gasteiger partial charge >= 0.3 is 0 Å². The first kappa shape index (κ1) is 12.3. The minimum atomic E-state index is 0.0721. The fraction of sp³-hybridized carbons (Fsp3) is 0.455. The molecule has 0 aliphatic heterocycles. The van der Waals surface area contributed by atoms with E-state index in [4.69, 9.17) is 27.2 Å². The Morgan fingerprint density at radius 2 is 2.13 bits per heavy atom. The van der Waals surface area contributed by atoms with Crippen LogP contribution in [0.1, 0.15) is 12.0 Å². The van der Waals surface area contributed by atoms with E-state index in [9.17, 15) is 0 Å². The highest BCUT2D eigenvalue weighted by atomic mass is 35.5. The summed E-state index contributed by atoms with van der Waals surface area (Å²) < 4.78 is 5.15. The molecule has 1 aromatic rings. The number of hydrogen-bond acceptors (Lipinski definition) is 3. The average Bonchev–Trinajstić information content (AvgIpc) is 2.20. The van der Waals surface area contributed by atoms with Gasteiger partial charge in [0.15, 0.2) is 0 Å². The zero-order valence-corrected chi connectivity index (χ0v) is 9.33. The van der Waals surface area contributed by atoms with E-state index in [0.717, 1.165) is 18.4 Å². The molecule has 0 aliphatic carbocycles. The molecule has 0 bridgehead atoms. The van der Waals surface area contributed by atoms with Gasteiger partial charge in [-0.2, -0.15) is 0 Å². The van der Waals surface area contributed by atoms with Crippen molar-refractivity contribution in [1.82, 2.24) is 0 Å². The summed E-state index contributed by atoms with van der Waals surface area (Å²) in [4.78, 5) is 0. The second kappa shape index (κ2) is 6.67. The molecule has 0 atom stereocenters. The third-order valence-corrected chi connectivity index (χ3v) is 2.40. The third kappa shape index (κ3) is 4.51. The zero-order chi connectivity index (χ0) is 11.1. The van der Waals surface area contributed by atoms with Crippen molar-refractivity contribution in [3.8, 4) is 0 Å². The Bertz CT molecular complexity index is 305. The van der Waals surface area contributed by atoms with E-state index in [2.05, 4.69) is 0 Å². The number of ether oxygens (including phenoxy) is 1. The predicted octanol–water partition coefficient (Wildman–Crippen LogP) is 1.86. The van der Waals surface area contributed by atoms with E-state index in [0.29, 0.717) is 23.9 Å². The number of hydrogen-bond donors (Lipinski definition) is 2. The maximum absolute atomic E-state index is 8.50. The molecule has 0 aromatic heterocycles. The van der Waals surface area contributed by atoms with E-state index in [1.54, 1.807) is 6.07 Å². The summed E-state index contributed by atoms with van der Waals surface area (Å²) in [5.41, 5.74) is 7.35. The van der Waals surface area contributed by atoms with Crippen LogP contribution in [0.4, 0.5) is 5.69 Å². The lowest BCUT2D eigenvalue weighted by atomic mass is 10.1. The van der Waals surface area contributed by atoms with Gasteiger partial charge in [0.2, 0.25) is 0 Å². The Labute approximate surface area is 94.8 Å². The van der Waals surface area contributed by atoms with Crippen molar-refractivity contribution in [1.29, 1.82) is 0 Å². The van der Waals surface area contributed by atoms with Crippen molar-refractivity contribution >= 4 is 17.3 Å². The molecule has 0 heterocycles. The minimum absolute atomic E-state index is 0.0721. The van der Waals surface area contributed by atoms with Gasteiger partial charge in [-0.1, -0.05) is 17.7 Å². The number of anilines is 1. The Morgan fingerprint density at radius 3 is 2.80 bits per heavy atom. The van der Waals surface area contributed by atoms with E-state index in [1.165, 1.54) is 0 Å². The molecule has 0 aliphatic rings. The van der Waals surface area contributed by atoms with E-state index >= 15 is 0 Å². The van der Waals surface area contributed by atoms with Crippen molar-refractivity contribution in [2.75, 3.05) is 25.6 Å². The molecule has 1 aromatic carbocycles. The van der Waals surface area contributed by atoms with Gasteiger partial charge in [-0.15, -0.1) is 0 Å².